The van der Waals surface area contributed by atoms with Crippen LogP contribution >= 0.6 is 23.8 Å². The Bertz CT molecular complexity index is 1150. The zero-order valence-corrected chi connectivity index (χ0v) is 17.2. The Kier molecular flexibility index (Phi) is 5.64. The Labute approximate surface area is 177 Å². The molecule has 150 valence electrons. The number of hydrogen-bond acceptors (Lipinski definition) is 5. The molecule has 0 saturated carbocycles. The highest BCUT2D eigenvalue weighted by molar-refractivity contribution is 7.71. The smallest absolute Gasteiger partial charge is 0.262 e. The van der Waals surface area contributed by atoms with Gasteiger partial charge in [-0.2, -0.15) is 0 Å². The molecule has 0 atom stereocenters. The van der Waals surface area contributed by atoms with Gasteiger partial charge in [0.1, 0.15) is 5.82 Å². The summed E-state index contributed by atoms with van der Waals surface area (Å²) in [5.74, 6) is 0.874. The third-order valence-electron chi connectivity index (χ3n) is 5.11. The van der Waals surface area contributed by atoms with Crippen molar-refractivity contribution in [3.8, 4) is 0 Å². The molecular weight excluding hydrogens is 410 g/mol. The number of rotatable bonds is 4. The van der Waals surface area contributed by atoms with Gasteiger partial charge in [0.05, 0.1) is 15.9 Å². The average molecular weight is 430 g/mol. The maximum absolute atomic E-state index is 12.7. The number of hydrogen-bond donors (Lipinski definition) is 1. The number of anilines is 1. The first-order valence-corrected chi connectivity index (χ1v) is 10.2. The Morgan fingerprint density at radius 2 is 1.90 bits per heavy atom. The first-order chi connectivity index (χ1) is 14.0. The van der Waals surface area contributed by atoms with Crippen LogP contribution in [-0.4, -0.2) is 51.5 Å². The van der Waals surface area contributed by atoms with E-state index >= 15 is 0 Å². The molecule has 1 aromatic carbocycles. The molecule has 0 radical (unpaired) electrons. The van der Waals surface area contributed by atoms with Crippen molar-refractivity contribution in [3.63, 3.8) is 0 Å². The fraction of sp³-hybridized carbons (Fsp3) is 0.300. The summed E-state index contributed by atoms with van der Waals surface area (Å²) in [6.07, 6.45) is 1.86. The van der Waals surface area contributed by atoms with Crippen molar-refractivity contribution in [2.24, 2.45) is 0 Å². The molecule has 0 spiro atoms. The van der Waals surface area contributed by atoms with E-state index in [0.29, 0.717) is 46.9 Å². The van der Waals surface area contributed by atoms with E-state index < -0.39 is 0 Å². The Hall–Kier alpha value is -2.71. The average Bonchev–Trinajstić information content (AvgIpc) is 2.74. The largest absolute Gasteiger partial charge is 0.353 e. The molecule has 1 N–H and O–H groups in total. The third kappa shape index (κ3) is 4.18. The number of fused-ring (bicyclic) bond motifs is 1. The normalized spacial score (nSPS) is 14.4. The molecule has 1 saturated heterocycles. The number of amides is 1. The molecular formula is C20H20ClN5O2S. The molecule has 0 aliphatic carbocycles. The summed E-state index contributed by atoms with van der Waals surface area (Å²) < 4.78 is 1.80. The van der Waals surface area contributed by atoms with E-state index in [1.54, 1.807) is 12.3 Å². The van der Waals surface area contributed by atoms with Gasteiger partial charge < -0.3 is 14.8 Å². The SMILES string of the molecule is O=C(CCn1c(=S)[nH]c2ccccc2c1=O)N1CCN(c2ccc(Cl)cn2)CC1. The van der Waals surface area contributed by atoms with E-state index in [1.165, 1.54) is 4.57 Å². The van der Waals surface area contributed by atoms with Crippen molar-refractivity contribution in [2.45, 2.75) is 13.0 Å². The van der Waals surface area contributed by atoms with Gasteiger partial charge in [0.2, 0.25) is 5.91 Å². The number of carbonyl (C=O) groups excluding carboxylic acids is 1. The van der Waals surface area contributed by atoms with Gasteiger partial charge in [-0.15, -0.1) is 0 Å². The van der Waals surface area contributed by atoms with Gasteiger partial charge in [-0.3, -0.25) is 14.2 Å². The number of aromatic nitrogens is 3. The van der Waals surface area contributed by atoms with Crippen molar-refractivity contribution in [1.29, 1.82) is 0 Å². The summed E-state index contributed by atoms with van der Waals surface area (Å²) in [5.41, 5.74) is 0.535. The van der Waals surface area contributed by atoms with Crippen LogP contribution in [0.15, 0.2) is 47.4 Å². The Morgan fingerprint density at radius 3 is 2.62 bits per heavy atom. The molecule has 1 aliphatic rings. The van der Waals surface area contributed by atoms with Crippen molar-refractivity contribution in [1.82, 2.24) is 19.4 Å². The van der Waals surface area contributed by atoms with Gasteiger partial charge in [0.25, 0.3) is 5.56 Å². The predicted molar refractivity (Wildman–Crippen MR) is 116 cm³/mol. The molecule has 29 heavy (non-hydrogen) atoms. The van der Waals surface area contributed by atoms with E-state index in [9.17, 15) is 9.59 Å². The molecule has 7 nitrogen and oxygen atoms in total. The van der Waals surface area contributed by atoms with E-state index in [2.05, 4.69) is 14.9 Å². The Morgan fingerprint density at radius 1 is 1.14 bits per heavy atom. The minimum absolute atomic E-state index is 0.0168. The van der Waals surface area contributed by atoms with Crippen LogP contribution in [0.25, 0.3) is 10.9 Å². The second-order valence-electron chi connectivity index (χ2n) is 6.88. The monoisotopic (exact) mass is 429 g/mol. The second-order valence-corrected chi connectivity index (χ2v) is 7.71. The summed E-state index contributed by atoms with van der Waals surface area (Å²) in [4.78, 5) is 36.7. The maximum atomic E-state index is 12.7. The highest BCUT2D eigenvalue weighted by atomic mass is 35.5. The molecule has 3 aromatic rings. The number of nitrogens with zero attached hydrogens (tertiary/aromatic N) is 4. The lowest BCUT2D eigenvalue weighted by Gasteiger charge is -2.35. The van der Waals surface area contributed by atoms with Crippen molar-refractivity contribution in [2.75, 3.05) is 31.1 Å². The first-order valence-electron chi connectivity index (χ1n) is 9.39. The molecule has 1 amide bonds. The second kappa shape index (κ2) is 8.34. The van der Waals surface area contributed by atoms with Crippen LogP contribution in [-0.2, 0) is 11.3 Å². The zero-order valence-electron chi connectivity index (χ0n) is 15.7. The lowest BCUT2D eigenvalue weighted by atomic mass is 10.2. The quantitative estimate of drug-likeness (QED) is 0.645. The highest BCUT2D eigenvalue weighted by Gasteiger charge is 2.22. The molecule has 0 bridgehead atoms. The predicted octanol–water partition coefficient (Wildman–Crippen LogP) is 2.85. The number of benzene rings is 1. The number of pyridine rings is 1. The molecule has 4 rings (SSSR count). The molecule has 3 heterocycles. The van der Waals surface area contributed by atoms with Crippen molar-refractivity contribution < 1.29 is 4.79 Å². The number of H-pyrrole nitrogens is 1. The topological polar surface area (TPSA) is 74.2 Å². The fourth-order valence-corrected chi connectivity index (χ4v) is 3.90. The number of carbonyl (C=O) groups is 1. The van der Waals surface area contributed by atoms with Crippen LogP contribution in [0.5, 0.6) is 0 Å². The number of piperazine rings is 1. The molecule has 0 unspecified atom stereocenters. The van der Waals surface area contributed by atoms with Crippen LogP contribution < -0.4 is 10.5 Å². The number of para-hydroxylation sites is 1. The van der Waals surface area contributed by atoms with Gasteiger partial charge in [-0.1, -0.05) is 23.7 Å². The summed E-state index contributed by atoms with van der Waals surface area (Å²) >= 11 is 11.2. The number of halogens is 1. The van der Waals surface area contributed by atoms with Gasteiger partial charge in [-0.05, 0) is 36.5 Å². The van der Waals surface area contributed by atoms with Crippen molar-refractivity contribution >= 4 is 46.4 Å². The molecule has 1 aliphatic heterocycles. The van der Waals surface area contributed by atoms with Gasteiger partial charge in [0.15, 0.2) is 4.77 Å². The maximum Gasteiger partial charge on any atom is 0.262 e. The summed E-state index contributed by atoms with van der Waals surface area (Å²) in [6, 6.07) is 10.9. The molecule has 2 aromatic heterocycles. The van der Waals surface area contributed by atoms with Gasteiger partial charge in [0, 0.05) is 45.3 Å². The third-order valence-corrected chi connectivity index (χ3v) is 5.65. The van der Waals surface area contributed by atoms with E-state index in [0.717, 1.165) is 5.82 Å². The minimum atomic E-state index is -0.171. The standard InChI is InChI=1S/C20H20ClN5O2S/c21-14-5-6-17(22-13-14)24-9-11-25(12-10-24)18(27)7-8-26-19(28)15-3-1-2-4-16(15)23-20(26)29/h1-6,13H,7-12H2,(H,23,29). The van der Waals surface area contributed by atoms with Crippen LogP contribution in [0, 0.1) is 4.77 Å². The Balaban J connectivity index is 1.39. The fourth-order valence-electron chi connectivity index (χ4n) is 3.51. The molecule has 9 heteroatoms. The minimum Gasteiger partial charge on any atom is -0.353 e. The van der Waals surface area contributed by atoms with Crippen LogP contribution in [0.2, 0.25) is 5.02 Å². The lowest BCUT2D eigenvalue weighted by Crippen LogP contribution is -2.49. The number of nitrogens with one attached hydrogen (secondary N) is 1. The van der Waals surface area contributed by atoms with E-state index in [-0.39, 0.29) is 24.4 Å². The summed E-state index contributed by atoms with van der Waals surface area (Å²) in [5, 5.41) is 1.17. The highest BCUT2D eigenvalue weighted by Crippen LogP contribution is 2.16. The first kappa shape index (κ1) is 19.6. The summed E-state index contributed by atoms with van der Waals surface area (Å²) in [6.45, 7) is 2.90. The number of aromatic amines is 1. The van der Waals surface area contributed by atoms with E-state index in [4.69, 9.17) is 23.8 Å². The van der Waals surface area contributed by atoms with Crippen LogP contribution in [0.4, 0.5) is 5.82 Å². The van der Waals surface area contributed by atoms with Crippen LogP contribution in [0.3, 0.4) is 0 Å². The van der Waals surface area contributed by atoms with Crippen LogP contribution in [0.1, 0.15) is 6.42 Å². The van der Waals surface area contributed by atoms with Crippen molar-refractivity contribution in [3.05, 3.63) is 62.7 Å². The molecule has 1 fully saturated rings. The van der Waals surface area contributed by atoms with E-state index in [1.807, 2.05) is 35.2 Å². The van der Waals surface area contributed by atoms with Gasteiger partial charge in [-0.25, -0.2) is 4.98 Å². The summed E-state index contributed by atoms with van der Waals surface area (Å²) in [7, 11) is 0. The lowest BCUT2D eigenvalue weighted by molar-refractivity contribution is -0.131. The van der Waals surface area contributed by atoms with Gasteiger partial charge >= 0.3 is 0 Å². The zero-order chi connectivity index (χ0) is 20.4.